The molecule has 0 amide bonds. The highest BCUT2D eigenvalue weighted by atomic mass is 35.5. The fourth-order valence-corrected chi connectivity index (χ4v) is 7.06. The van der Waals surface area contributed by atoms with Crippen LogP contribution in [0.15, 0.2) is 11.4 Å². The van der Waals surface area contributed by atoms with Crippen molar-refractivity contribution in [2.45, 2.75) is 71.4 Å². The molecule has 0 bridgehead atoms. The van der Waals surface area contributed by atoms with Crippen molar-refractivity contribution in [2.24, 2.45) is 0 Å². The molecule has 0 N–H and O–H groups in total. The van der Waals surface area contributed by atoms with Gasteiger partial charge in [0.25, 0.3) is 5.57 Å². The van der Waals surface area contributed by atoms with Crippen LogP contribution in [0.3, 0.4) is 0 Å². The zero-order valence-corrected chi connectivity index (χ0v) is 16.5. The van der Waals surface area contributed by atoms with Gasteiger partial charge in [0.15, 0.2) is 0 Å². The Morgan fingerprint density at radius 3 is 1.28 bits per heavy atom. The highest BCUT2D eigenvalue weighted by Gasteiger charge is 2.65. The Balaban J connectivity index is 0. The van der Waals surface area contributed by atoms with Crippen molar-refractivity contribution < 1.29 is 43.1 Å². The lowest BCUT2D eigenvalue weighted by atomic mass is 10.3. The van der Waals surface area contributed by atoms with E-state index in [1.807, 2.05) is 20.8 Å². The maximum Gasteiger partial charge on any atom is 0.460 e. The van der Waals surface area contributed by atoms with Crippen molar-refractivity contribution in [3.63, 3.8) is 0 Å². The molecule has 0 radical (unpaired) electrons. The molecule has 0 saturated carbocycles. The maximum atomic E-state index is 14.7. The summed E-state index contributed by atoms with van der Waals surface area (Å²) in [5.74, 6) is -8.70. The molecule has 0 spiro atoms. The Labute approximate surface area is 152 Å². The lowest BCUT2D eigenvalue weighted by molar-refractivity contribution is -0.271. The molecule has 9 heteroatoms. The second-order valence-corrected chi connectivity index (χ2v) is 10.1. The number of halogens is 8. The van der Waals surface area contributed by atoms with E-state index < -0.39 is 30.8 Å². The molecule has 0 aromatic rings. The summed E-state index contributed by atoms with van der Waals surface area (Å²) in [5, 5.41) is 0. The summed E-state index contributed by atoms with van der Waals surface area (Å²) in [5.41, 5.74) is -1.81. The predicted octanol–water partition coefficient (Wildman–Crippen LogP) is 4.71. The van der Waals surface area contributed by atoms with Gasteiger partial charge in [-0.1, -0.05) is 40.0 Å². The van der Waals surface area contributed by atoms with Gasteiger partial charge in [-0.2, -0.15) is 30.7 Å². The van der Waals surface area contributed by atoms with E-state index in [-0.39, 0.29) is 30.9 Å². The molecule has 0 aliphatic carbocycles. The highest BCUT2D eigenvalue weighted by molar-refractivity contribution is 7.79. The third kappa shape index (κ3) is 7.24. The lowest BCUT2D eigenvalue weighted by Gasteiger charge is -2.27. The van der Waals surface area contributed by atoms with E-state index >= 15 is 0 Å². The Morgan fingerprint density at radius 1 is 0.720 bits per heavy atom. The molecule has 0 aliphatic heterocycles. The molecule has 0 unspecified atom stereocenters. The van der Waals surface area contributed by atoms with Crippen molar-refractivity contribution in [1.82, 2.24) is 0 Å². The van der Waals surface area contributed by atoms with Crippen molar-refractivity contribution >= 4 is 7.26 Å². The smallest absolute Gasteiger partial charge is 0.460 e. The van der Waals surface area contributed by atoms with Gasteiger partial charge >= 0.3 is 12.1 Å². The first-order valence-electron chi connectivity index (χ1n) is 8.37. The molecule has 0 heterocycles. The van der Waals surface area contributed by atoms with Crippen LogP contribution in [0.5, 0.6) is 0 Å². The van der Waals surface area contributed by atoms with Crippen LogP contribution in [0.1, 0.15) is 59.3 Å². The first-order valence-corrected chi connectivity index (χ1v) is 10.7. The predicted molar refractivity (Wildman–Crippen MR) is 86.5 cm³/mol. The molecule has 152 valence electrons. The van der Waals surface area contributed by atoms with Crippen molar-refractivity contribution in [3.8, 4) is 0 Å². The van der Waals surface area contributed by atoms with Gasteiger partial charge in [-0.05, 0) is 19.3 Å². The first kappa shape index (κ1) is 27.2. The standard InChI is InChI=1S/C16H27F7P.ClH/c1-4-7-10-24(11-8-5-2,12-9-6-3)14(18)13(17)15(19,20)16(21,22)23;/h4-12H2,1-3H3;1H/q+1;/p-1/b14-13-;. The van der Waals surface area contributed by atoms with Gasteiger partial charge in [-0.3, -0.25) is 0 Å². The second-order valence-electron chi connectivity index (χ2n) is 6.05. The molecule has 0 aromatic heterocycles. The molecular weight excluding hydrogens is 392 g/mol. The zero-order valence-electron chi connectivity index (χ0n) is 14.8. The monoisotopic (exact) mass is 418 g/mol. The molecule has 0 atom stereocenters. The van der Waals surface area contributed by atoms with E-state index in [9.17, 15) is 30.7 Å². The van der Waals surface area contributed by atoms with E-state index in [0.29, 0.717) is 38.5 Å². The topological polar surface area (TPSA) is 0 Å². The van der Waals surface area contributed by atoms with E-state index in [2.05, 4.69) is 0 Å². The van der Waals surface area contributed by atoms with Gasteiger partial charge < -0.3 is 12.4 Å². The summed E-state index contributed by atoms with van der Waals surface area (Å²) >= 11 is 0. The van der Waals surface area contributed by atoms with E-state index in [4.69, 9.17) is 0 Å². The van der Waals surface area contributed by atoms with Gasteiger partial charge in [0.2, 0.25) is 5.83 Å². The van der Waals surface area contributed by atoms with E-state index in [1.165, 1.54) is 0 Å². The lowest BCUT2D eigenvalue weighted by Crippen LogP contribution is -3.00. The number of allylic oxidation sites excluding steroid dienone is 1. The summed E-state index contributed by atoms with van der Waals surface area (Å²) in [6.07, 6.45) is -2.22. The fraction of sp³-hybridized carbons (Fsp3) is 0.875. The van der Waals surface area contributed by atoms with E-state index in [1.54, 1.807) is 0 Å². The Bertz CT molecular complexity index is 386. The largest absolute Gasteiger partial charge is 1.00 e. The van der Waals surface area contributed by atoms with Crippen LogP contribution in [0.4, 0.5) is 30.7 Å². The number of rotatable bonds is 11. The summed E-state index contributed by atoms with van der Waals surface area (Å²) in [4.78, 5) is 0. The van der Waals surface area contributed by atoms with Crippen LogP contribution in [-0.4, -0.2) is 30.6 Å². The normalized spacial score (nSPS) is 14.2. The minimum Gasteiger partial charge on any atom is -1.00 e. The third-order valence-electron chi connectivity index (χ3n) is 4.05. The van der Waals surface area contributed by atoms with Crippen LogP contribution in [0, 0.1) is 0 Å². The van der Waals surface area contributed by atoms with Crippen LogP contribution in [0.25, 0.3) is 0 Å². The molecule has 0 aliphatic rings. The summed E-state index contributed by atoms with van der Waals surface area (Å²) in [6.45, 7) is 5.45. The number of hydrogen-bond donors (Lipinski definition) is 0. The van der Waals surface area contributed by atoms with Crippen LogP contribution < -0.4 is 12.4 Å². The van der Waals surface area contributed by atoms with Gasteiger partial charge in [-0.15, -0.1) is 0 Å². The van der Waals surface area contributed by atoms with Crippen molar-refractivity contribution in [3.05, 3.63) is 11.4 Å². The number of alkyl halides is 5. The van der Waals surface area contributed by atoms with E-state index in [0.717, 1.165) is 0 Å². The Morgan fingerprint density at radius 2 is 1.04 bits per heavy atom. The van der Waals surface area contributed by atoms with Crippen LogP contribution in [0.2, 0.25) is 0 Å². The first-order chi connectivity index (χ1) is 11.0. The molecule has 0 saturated heterocycles. The number of unbranched alkanes of at least 4 members (excludes halogenated alkanes) is 3. The molecule has 0 fully saturated rings. The molecular formula is C16H27ClF7P. The van der Waals surface area contributed by atoms with Gasteiger partial charge in [0.05, 0.1) is 25.7 Å². The average molecular weight is 419 g/mol. The van der Waals surface area contributed by atoms with Gasteiger partial charge in [0.1, 0.15) is 0 Å². The SMILES string of the molecule is CCCC[P+](CCCC)(CCCC)/C(F)=C(\F)C(F)(F)C(F)(F)F.[Cl-]. The quantitative estimate of drug-likeness (QED) is 0.336. The zero-order chi connectivity index (χ0) is 19.0. The third-order valence-corrected chi connectivity index (χ3v) is 8.59. The maximum absolute atomic E-state index is 14.7. The van der Waals surface area contributed by atoms with Gasteiger partial charge in [-0.25, -0.2) is 0 Å². The minimum absolute atomic E-state index is 0. The molecule has 0 nitrogen and oxygen atoms in total. The summed E-state index contributed by atoms with van der Waals surface area (Å²) < 4.78 is 92.4. The summed E-state index contributed by atoms with van der Waals surface area (Å²) in [6, 6.07) is 0. The molecule has 25 heavy (non-hydrogen) atoms. The molecule has 0 rings (SSSR count). The highest BCUT2D eigenvalue weighted by Crippen LogP contribution is 2.70. The van der Waals surface area contributed by atoms with Crippen molar-refractivity contribution in [2.75, 3.05) is 18.5 Å². The summed E-state index contributed by atoms with van der Waals surface area (Å²) in [7, 11) is -3.00. The molecule has 0 aromatic carbocycles. The van der Waals surface area contributed by atoms with Gasteiger partial charge in [0, 0.05) is 0 Å². The van der Waals surface area contributed by atoms with Crippen molar-refractivity contribution in [1.29, 1.82) is 0 Å². The fourth-order valence-electron chi connectivity index (χ4n) is 2.47. The minimum atomic E-state index is -6.13. The second kappa shape index (κ2) is 11.6. The average Bonchev–Trinajstić information content (AvgIpc) is 2.52. The Kier molecular flexibility index (Phi) is 12.7. The van der Waals surface area contributed by atoms with Crippen LogP contribution >= 0.6 is 7.26 Å². The number of hydrogen-bond acceptors (Lipinski definition) is 0. The van der Waals surface area contributed by atoms with Crippen LogP contribution in [-0.2, 0) is 0 Å². The Hall–Kier alpha value is -0.0300.